The first-order chi connectivity index (χ1) is 5.24. The van der Waals surface area contributed by atoms with Crippen molar-refractivity contribution in [1.29, 1.82) is 0 Å². The SMILES string of the molecule is CN1CCC=C(/C(N)=N\O)C1. The van der Waals surface area contributed by atoms with Crippen LogP contribution in [0.25, 0.3) is 0 Å². The molecule has 0 fully saturated rings. The highest BCUT2D eigenvalue weighted by Gasteiger charge is 2.10. The molecule has 0 spiro atoms. The van der Waals surface area contributed by atoms with Crippen molar-refractivity contribution in [1.82, 2.24) is 4.90 Å². The van der Waals surface area contributed by atoms with Crippen LogP contribution in [0.15, 0.2) is 16.8 Å². The summed E-state index contributed by atoms with van der Waals surface area (Å²) in [5, 5.41) is 11.3. The number of hydrogen-bond donors (Lipinski definition) is 2. The van der Waals surface area contributed by atoms with Gasteiger partial charge in [0.1, 0.15) is 0 Å². The Morgan fingerprint density at radius 1 is 1.82 bits per heavy atom. The van der Waals surface area contributed by atoms with Crippen molar-refractivity contribution in [2.24, 2.45) is 10.9 Å². The van der Waals surface area contributed by atoms with Gasteiger partial charge in [-0.25, -0.2) is 0 Å². The van der Waals surface area contributed by atoms with Crippen LogP contribution in [0.1, 0.15) is 6.42 Å². The number of likely N-dealkylation sites (N-methyl/N-ethyl adjacent to an activating group) is 1. The molecule has 0 saturated heterocycles. The Morgan fingerprint density at radius 3 is 3.09 bits per heavy atom. The van der Waals surface area contributed by atoms with Crippen molar-refractivity contribution in [3.05, 3.63) is 11.6 Å². The standard InChI is InChI=1S/C7H13N3O/c1-10-4-2-3-6(5-10)7(8)9-11/h3,11H,2,4-5H2,1H3,(H2,8,9). The molecule has 62 valence electrons. The Bertz CT molecular complexity index is 198. The van der Waals surface area contributed by atoms with E-state index >= 15 is 0 Å². The Hall–Kier alpha value is -1.03. The van der Waals surface area contributed by atoms with Gasteiger partial charge in [0.05, 0.1) is 0 Å². The summed E-state index contributed by atoms with van der Waals surface area (Å²) in [5.74, 6) is 0.233. The van der Waals surface area contributed by atoms with Crippen molar-refractivity contribution in [2.75, 3.05) is 20.1 Å². The van der Waals surface area contributed by atoms with Gasteiger partial charge in [-0.2, -0.15) is 0 Å². The van der Waals surface area contributed by atoms with Crippen LogP contribution in [0.2, 0.25) is 0 Å². The van der Waals surface area contributed by atoms with Gasteiger partial charge in [0, 0.05) is 18.7 Å². The van der Waals surface area contributed by atoms with Crippen molar-refractivity contribution in [3.63, 3.8) is 0 Å². The molecular formula is C7H13N3O. The zero-order chi connectivity index (χ0) is 8.27. The van der Waals surface area contributed by atoms with Crippen molar-refractivity contribution in [2.45, 2.75) is 6.42 Å². The van der Waals surface area contributed by atoms with Gasteiger partial charge >= 0.3 is 0 Å². The van der Waals surface area contributed by atoms with Crippen molar-refractivity contribution in [3.8, 4) is 0 Å². The van der Waals surface area contributed by atoms with Crippen LogP contribution < -0.4 is 5.73 Å². The third-order valence-electron chi connectivity index (χ3n) is 1.78. The molecule has 0 saturated carbocycles. The van der Waals surface area contributed by atoms with Crippen LogP contribution in [-0.4, -0.2) is 36.1 Å². The van der Waals surface area contributed by atoms with E-state index in [1.807, 2.05) is 13.1 Å². The molecule has 0 atom stereocenters. The number of nitrogens with two attached hydrogens (primary N) is 1. The number of rotatable bonds is 1. The first-order valence-electron chi connectivity index (χ1n) is 3.59. The highest BCUT2D eigenvalue weighted by atomic mass is 16.4. The third-order valence-corrected chi connectivity index (χ3v) is 1.78. The molecule has 0 aromatic rings. The molecule has 3 N–H and O–H groups in total. The molecule has 0 aromatic carbocycles. The molecule has 0 aliphatic carbocycles. The molecule has 4 heteroatoms. The summed E-state index contributed by atoms with van der Waals surface area (Å²) in [6, 6.07) is 0. The monoisotopic (exact) mass is 155 g/mol. The maximum atomic E-state index is 8.38. The lowest BCUT2D eigenvalue weighted by Gasteiger charge is -2.21. The quantitative estimate of drug-likeness (QED) is 0.242. The van der Waals surface area contributed by atoms with Crippen molar-refractivity contribution >= 4 is 5.84 Å². The van der Waals surface area contributed by atoms with E-state index in [9.17, 15) is 0 Å². The number of nitrogens with zero attached hydrogens (tertiary/aromatic N) is 2. The summed E-state index contributed by atoms with van der Waals surface area (Å²) >= 11 is 0. The molecule has 1 aliphatic heterocycles. The van der Waals surface area contributed by atoms with E-state index in [2.05, 4.69) is 10.1 Å². The topological polar surface area (TPSA) is 61.8 Å². The van der Waals surface area contributed by atoms with E-state index in [1.54, 1.807) is 0 Å². The molecular weight excluding hydrogens is 142 g/mol. The summed E-state index contributed by atoms with van der Waals surface area (Å²) in [7, 11) is 2.01. The van der Waals surface area contributed by atoms with E-state index in [1.165, 1.54) is 0 Å². The van der Waals surface area contributed by atoms with Gasteiger partial charge in [-0.05, 0) is 13.5 Å². The highest BCUT2D eigenvalue weighted by Crippen LogP contribution is 2.06. The molecule has 4 nitrogen and oxygen atoms in total. The molecule has 1 aliphatic rings. The second kappa shape index (κ2) is 3.39. The van der Waals surface area contributed by atoms with Crippen LogP contribution in [0.4, 0.5) is 0 Å². The van der Waals surface area contributed by atoms with E-state index in [0.29, 0.717) is 0 Å². The van der Waals surface area contributed by atoms with Crippen LogP contribution in [0.3, 0.4) is 0 Å². The van der Waals surface area contributed by atoms with Crippen LogP contribution >= 0.6 is 0 Å². The van der Waals surface area contributed by atoms with Gasteiger partial charge in [-0.15, -0.1) is 0 Å². The van der Waals surface area contributed by atoms with Gasteiger partial charge in [0.2, 0.25) is 0 Å². The van der Waals surface area contributed by atoms with Crippen LogP contribution in [0, 0.1) is 0 Å². The minimum atomic E-state index is 0.233. The largest absolute Gasteiger partial charge is 0.409 e. The summed E-state index contributed by atoms with van der Waals surface area (Å²) in [6.45, 7) is 1.82. The maximum absolute atomic E-state index is 8.38. The highest BCUT2D eigenvalue weighted by molar-refractivity contribution is 5.96. The number of amidine groups is 1. The lowest BCUT2D eigenvalue weighted by atomic mass is 10.1. The average molecular weight is 155 g/mol. The predicted octanol–water partition coefficient (Wildman–Crippen LogP) is -0.00530. The lowest BCUT2D eigenvalue weighted by Crippen LogP contribution is -2.31. The van der Waals surface area contributed by atoms with Crippen molar-refractivity contribution < 1.29 is 5.21 Å². The molecule has 0 unspecified atom stereocenters. The van der Waals surface area contributed by atoms with Gasteiger partial charge in [-0.1, -0.05) is 11.2 Å². The summed E-state index contributed by atoms with van der Waals surface area (Å²) in [4.78, 5) is 2.13. The molecule has 1 rings (SSSR count). The normalized spacial score (nSPS) is 21.5. The maximum Gasteiger partial charge on any atom is 0.166 e. The molecule has 0 radical (unpaired) electrons. The minimum Gasteiger partial charge on any atom is -0.409 e. The fourth-order valence-electron chi connectivity index (χ4n) is 1.14. The second-order valence-corrected chi connectivity index (χ2v) is 2.74. The van der Waals surface area contributed by atoms with Gasteiger partial charge < -0.3 is 15.8 Å². The average Bonchev–Trinajstić information content (AvgIpc) is 2.03. The lowest BCUT2D eigenvalue weighted by molar-refractivity contribution is 0.316. The van der Waals surface area contributed by atoms with Crippen LogP contribution in [-0.2, 0) is 0 Å². The van der Waals surface area contributed by atoms with E-state index in [4.69, 9.17) is 10.9 Å². The van der Waals surface area contributed by atoms with Gasteiger partial charge in [0.25, 0.3) is 0 Å². The van der Waals surface area contributed by atoms with E-state index in [-0.39, 0.29) is 5.84 Å². The Kier molecular flexibility index (Phi) is 2.48. The predicted molar refractivity (Wildman–Crippen MR) is 43.6 cm³/mol. The van der Waals surface area contributed by atoms with Crippen LogP contribution in [0.5, 0.6) is 0 Å². The van der Waals surface area contributed by atoms with Gasteiger partial charge in [-0.3, -0.25) is 0 Å². The molecule has 11 heavy (non-hydrogen) atoms. The first-order valence-corrected chi connectivity index (χ1v) is 3.59. The van der Waals surface area contributed by atoms with E-state index < -0.39 is 0 Å². The Balaban J connectivity index is 2.65. The summed E-state index contributed by atoms with van der Waals surface area (Å²) < 4.78 is 0. The number of oxime groups is 1. The third kappa shape index (κ3) is 1.94. The van der Waals surface area contributed by atoms with E-state index in [0.717, 1.165) is 25.1 Å². The molecule has 0 aromatic heterocycles. The number of hydrogen-bond acceptors (Lipinski definition) is 3. The zero-order valence-electron chi connectivity index (χ0n) is 6.62. The fraction of sp³-hybridized carbons (Fsp3) is 0.571. The molecule has 1 heterocycles. The fourth-order valence-corrected chi connectivity index (χ4v) is 1.14. The second-order valence-electron chi connectivity index (χ2n) is 2.74. The van der Waals surface area contributed by atoms with Gasteiger partial charge in [0.15, 0.2) is 5.84 Å². The Labute approximate surface area is 66.0 Å². The summed E-state index contributed by atoms with van der Waals surface area (Å²) in [6.07, 6.45) is 2.98. The zero-order valence-corrected chi connectivity index (χ0v) is 6.62. The molecule has 0 bridgehead atoms. The first kappa shape index (κ1) is 8.07. The summed E-state index contributed by atoms with van der Waals surface area (Å²) in [5.41, 5.74) is 6.33. The Morgan fingerprint density at radius 2 is 2.55 bits per heavy atom. The minimum absolute atomic E-state index is 0.233. The smallest absolute Gasteiger partial charge is 0.166 e. The molecule has 0 amide bonds.